The molecule has 0 unspecified atom stereocenters. The number of nitrogens with one attached hydrogen (secondary N) is 1. The predicted molar refractivity (Wildman–Crippen MR) is 123 cm³/mol. The Morgan fingerprint density at radius 1 is 1.27 bits per heavy atom. The third-order valence-electron chi connectivity index (χ3n) is 5.19. The molecule has 0 saturated carbocycles. The highest BCUT2D eigenvalue weighted by Gasteiger charge is 2.45. The van der Waals surface area contributed by atoms with Gasteiger partial charge in [0.15, 0.2) is 5.69 Å². The lowest BCUT2D eigenvalue weighted by atomic mass is 9.85. The molecule has 1 aliphatic rings. The third-order valence-corrected chi connectivity index (χ3v) is 5.45. The highest BCUT2D eigenvalue weighted by molar-refractivity contribution is 7.59. The van der Waals surface area contributed by atoms with Crippen molar-refractivity contribution < 1.29 is 9.84 Å². The van der Waals surface area contributed by atoms with Gasteiger partial charge in [0.05, 0.1) is 19.2 Å². The molecular weight excluding hydrogens is 420 g/mol. The number of hydrogen-bond donors (Lipinski definition) is 2. The maximum Gasteiger partial charge on any atom is 0.187 e. The van der Waals surface area contributed by atoms with Crippen molar-refractivity contribution in [2.45, 2.75) is 38.1 Å². The molecule has 30 heavy (non-hydrogen) atoms. The van der Waals surface area contributed by atoms with Crippen LogP contribution < -0.4 is 9.64 Å². The molecule has 0 aliphatic carbocycles. The second-order valence-corrected chi connectivity index (χ2v) is 8.01. The van der Waals surface area contributed by atoms with E-state index in [-0.39, 0.29) is 13.5 Å². The lowest BCUT2D eigenvalue weighted by Crippen LogP contribution is -2.53. The van der Waals surface area contributed by atoms with E-state index in [1.807, 2.05) is 38.1 Å². The Hall–Kier alpha value is -2.66. The van der Waals surface area contributed by atoms with Gasteiger partial charge in [-0.15, -0.1) is 0 Å². The van der Waals surface area contributed by atoms with Gasteiger partial charge in [-0.1, -0.05) is 17.7 Å². The molecule has 0 radical (unpaired) electrons. The van der Waals surface area contributed by atoms with Gasteiger partial charge in [0.1, 0.15) is 23.3 Å². The number of hydrogen-bond acceptors (Lipinski definition) is 4. The van der Waals surface area contributed by atoms with Crippen molar-refractivity contribution in [2.75, 3.05) is 4.90 Å². The Balaban J connectivity index is 0.00000256. The van der Waals surface area contributed by atoms with Gasteiger partial charge in [-0.2, -0.15) is 13.5 Å². The molecule has 1 aliphatic heterocycles. The van der Waals surface area contributed by atoms with Gasteiger partial charge in [0.25, 0.3) is 0 Å². The maximum absolute atomic E-state index is 11.3. The second-order valence-electron chi connectivity index (χ2n) is 7.57. The van der Waals surface area contributed by atoms with E-state index in [0.717, 1.165) is 17.1 Å². The smallest absolute Gasteiger partial charge is 0.187 e. The molecule has 3 aromatic rings. The predicted octanol–water partition coefficient (Wildman–Crippen LogP) is 5.01. The molecule has 6 nitrogen and oxygen atoms in total. The van der Waals surface area contributed by atoms with E-state index < -0.39 is 17.7 Å². The largest absolute Gasteiger partial charge is 0.485 e. The fourth-order valence-electron chi connectivity index (χ4n) is 3.69. The zero-order valence-corrected chi connectivity index (χ0v) is 18.4. The number of rotatable bonds is 4. The summed E-state index contributed by atoms with van der Waals surface area (Å²) < 4.78 is 6.08. The van der Waals surface area contributed by atoms with Crippen molar-refractivity contribution in [3.05, 3.63) is 82.7 Å². The topological polar surface area (TPSA) is 65.7 Å². The number of aliphatic hydroxyl groups is 1. The molecule has 2 aromatic carbocycles. The van der Waals surface area contributed by atoms with Crippen LogP contribution >= 0.6 is 25.1 Å². The summed E-state index contributed by atoms with van der Waals surface area (Å²) in [5, 5.41) is 12.0. The SMILES string of the molecule is S.[C-]#[N+]c1ccc2c(c1)[C@H](N(Cc1ncc[nH]1)c1ccc(Cl)cc1)[C@@H](O)C(C)(C)O2. The molecular formula is C22H23ClN4O2S. The summed E-state index contributed by atoms with van der Waals surface area (Å²) in [6.07, 6.45) is 2.62. The van der Waals surface area contributed by atoms with E-state index in [4.69, 9.17) is 22.9 Å². The van der Waals surface area contributed by atoms with Gasteiger partial charge in [-0.3, -0.25) is 0 Å². The number of fused-ring (bicyclic) bond motifs is 1. The van der Waals surface area contributed by atoms with Gasteiger partial charge >= 0.3 is 0 Å². The zero-order chi connectivity index (χ0) is 20.6. The monoisotopic (exact) mass is 442 g/mol. The first-order valence-corrected chi connectivity index (χ1v) is 9.66. The van der Waals surface area contributed by atoms with Crippen LogP contribution in [0.2, 0.25) is 5.02 Å². The molecule has 1 aromatic heterocycles. The van der Waals surface area contributed by atoms with Crippen molar-refractivity contribution in [1.82, 2.24) is 9.97 Å². The van der Waals surface area contributed by atoms with Crippen LogP contribution in [0.5, 0.6) is 5.75 Å². The number of ether oxygens (including phenoxy) is 1. The molecule has 0 amide bonds. The van der Waals surface area contributed by atoms with E-state index in [1.165, 1.54) is 0 Å². The van der Waals surface area contributed by atoms with Crippen molar-refractivity contribution in [2.24, 2.45) is 0 Å². The summed E-state index contributed by atoms with van der Waals surface area (Å²) in [7, 11) is 0. The van der Waals surface area contributed by atoms with Crippen LogP contribution in [0.1, 0.15) is 31.3 Å². The minimum Gasteiger partial charge on any atom is -0.485 e. The number of aromatic nitrogens is 2. The first kappa shape index (κ1) is 22.0. The Labute approximate surface area is 187 Å². The standard InChI is InChI=1S/C22H21ClN4O2.H2S/c1-22(2)21(28)20(17-12-15(24-3)6-9-18(17)29-22)27(13-19-25-10-11-26-19)16-7-4-14(23)5-8-16;/h4-12,20-21,28H,13H2,1-2H3,(H,25,26);1H2/t20-,21+;/m0./s1. The van der Waals surface area contributed by atoms with Crippen molar-refractivity contribution in [3.63, 3.8) is 0 Å². The van der Waals surface area contributed by atoms with Gasteiger partial charge in [0, 0.05) is 28.7 Å². The van der Waals surface area contributed by atoms with Gasteiger partial charge in [-0.05, 0) is 50.2 Å². The van der Waals surface area contributed by atoms with Crippen LogP contribution in [0, 0.1) is 6.57 Å². The highest BCUT2D eigenvalue weighted by Crippen LogP contribution is 2.46. The average Bonchev–Trinajstić information content (AvgIpc) is 3.21. The maximum atomic E-state index is 11.3. The number of imidazole rings is 1. The van der Waals surface area contributed by atoms with Gasteiger partial charge < -0.3 is 19.7 Å². The Morgan fingerprint density at radius 3 is 2.63 bits per heavy atom. The molecule has 0 fully saturated rings. The van der Waals surface area contributed by atoms with E-state index in [1.54, 1.807) is 30.6 Å². The number of anilines is 1. The van der Waals surface area contributed by atoms with Crippen LogP contribution in [0.4, 0.5) is 11.4 Å². The molecule has 0 spiro atoms. The van der Waals surface area contributed by atoms with E-state index in [0.29, 0.717) is 23.0 Å². The summed E-state index contributed by atoms with van der Waals surface area (Å²) in [5.74, 6) is 1.43. The van der Waals surface area contributed by atoms with Gasteiger partial charge in [-0.25, -0.2) is 9.83 Å². The van der Waals surface area contributed by atoms with Crippen LogP contribution in [-0.2, 0) is 6.54 Å². The lowest BCUT2D eigenvalue weighted by Gasteiger charge is -2.47. The number of aromatic amines is 1. The lowest BCUT2D eigenvalue weighted by molar-refractivity contribution is -0.0590. The number of H-pyrrole nitrogens is 1. The zero-order valence-electron chi connectivity index (χ0n) is 16.6. The highest BCUT2D eigenvalue weighted by atomic mass is 35.5. The number of aliphatic hydroxyl groups excluding tert-OH is 1. The van der Waals surface area contributed by atoms with Crippen molar-refractivity contribution >= 4 is 36.5 Å². The van der Waals surface area contributed by atoms with Crippen LogP contribution in [0.3, 0.4) is 0 Å². The fraction of sp³-hybridized carbons (Fsp3) is 0.273. The summed E-state index contributed by atoms with van der Waals surface area (Å²) in [6, 6.07) is 12.3. The average molecular weight is 443 g/mol. The van der Waals surface area contributed by atoms with Crippen LogP contribution in [0.15, 0.2) is 54.9 Å². The summed E-state index contributed by atoms with van der Waals surface area (Å²) in [6.45, 7) is 11.6. The quantitative estimate of drug-likeness (QED) is 0.557. The number of benzene rings is 2. The second kappa shape index (κ2) is 8.60. The van der Waals surface area contributed by atoms with E-state index in [2.05, 4.69) is 19.7 Å². The third kappa shape index (κ3) is 4.12. The number of halogens is 1. The van der Waals surface area contributed by atoms with Gasteiger partial charge in [0.2, 0.25) is 0 Å². The summed E-state index contributed by atoms with van der Waals surface area (Å²) in [4.78, 5) is 13.1. The number of nitrogens with zero attached hydrogens (tertiary/aromatic N) is 3. The molecule has 2 heterocycles. The van der Waals surface area contributed by atoms with E-state index in [9.17, 15) is 5.11 Å². The molecule has 0 bridgehead atoms. The minimum absolute atomic E-state index is 0. The van der Waals surface area contributed by atoms with Crippen molar-refractivity contribution in [1.29, 1.82) is 0 Å². The molecule has 156 valence electrons. The summed E-state index contributed by atoms with van der Waals surface area (Å²) >= 11 is 6.10. The van der Waals surface area contributed by atoms with Crippen LogP contribution in [-0.4, -0.2) is 26.8 Å². The van der Waals surface area contributed by atoms with Crippen LogP contribution in [0.25, 0.3) is 4.85 Å². The minimum atomic E-state index is -0.846. The fourth-order valence-corrected chi connectivity index (χ4v) is 3.82. The Kier molecular flexibility index (Phi) is 6.32. The summed E-state index contributed by atoms with van der Waals surface area (Å²) in [5.41, 5.74) is 1.34. The molecule has 2 N–H and O–H groups in total. The van der Waals surface area contributed by atoms with Crippen molar-refractivity contribution in [3.8, 4) is 5.75 Å². The molecule has 0 saturated heterocycles. The molecule has 2 atom stereocenters. The van der Waals surface area contributed by atoms with E-state index >= 15 is 0 Å². The first-order valence-electron chi connectivity index (χ1n) is 9.28. The first-order chi connectivity index (χ1) is 13.9. The Morgan fingerprint density at radius 2 is 2.00 bits per heavy atom. The normalized spacial score (nSPS) is 19.0. The molecule has 4 rings (SSSR count). The Bertz CT molecular complexity index is 1050. The molecule has 8 heteroatoms.